The number of hydrogen-bond acceptors (Lipinski definition) is 3. The molecule has 3 rings (SSSR count). The van der Waals surface area contributed by atoms with Crippen LogP contribution in [0.2, 0.25) is 0 Å². The Morgan fingerprint density at radius 2 is 2.00 bits per heavy atom. The van der Waals surface area contributed by atoms with Gasteiger partial charge in [-0.25, -0.2) is 4.79 Å². The second kappa shape index (κ2) is 9.96. The van der Waals surface area contributed by atoms with E-state index in [1.54, 1.807) is 12.0 Å². The van der Waals surface area contributed by atoms with Gasteiger partial charge in [-0.15, -0.1) is 0 Å². The van der Waals surface area contributed by atoms with Crippen molar-refractivity contribution in [3.8, 4) is 5.75 Å². The molecule has 6 heteroatoms. The topological polar surface area (TPSA) is 61.9 Å². The van der Waals surface area contributed by atoms with Crippen molar-refractivity contribution in [2.75, 3.05) is 25.1 Å². The molecule has 2 aromatic rings. The standard InChI is InChI=1S/C23H29N3O3/c1-3-4-13-25(16-18-9-6-5-7-10-18)23(28)24-19-14-22(27)26(17-19)20-11-8-12-21(15-20)29-2/h5-12,15,19H,3-4,13-14,16-17H2,1-2H3,(H,24,28). The number of carbonyl (C=O) groups is 2. The second-order valence-corrected chi connectivity index (χ2v) is 7.32. The van der Waals surface area contributed by atoms with E-state index < -0.39 is 0 Å². The number of hydrogen-bond donors (Lipinski definition) is 1. The molecule has 6 nitrogen and oxygen atoms in total. The molecule has 29 heavy (non-hydrogen) atoms. The third-order valence-corrected chi connectivity index (χ3v) is 5.10. The highest BCUT2D eigenvalue weighted by atomic mass is 16.5. The number of nitrogens with zero attached hydrogens (tertiary/aromatic N) is 2. The number of methoxy groups -OCH3 is 1. The fourth-order valence-electron chi connectivity index (χ4n) is 3.50. The third kappa shape index (κ3) is 5.50. The van der Waals surface area contributed by atoms with Crippen LogP contribution < -0.4 is 15.0 Å². The van der Waals surface area contributed by atoms with Gasteiger partial charge in [-0.3, -0.25) is 4.79 Å². The minimum Gasteiger partial charge on any atom is -0.497 e. The summed E-state index contributed by atoms with van der Waals surface area (Å²) in [7, 11) is 1.60. The van der Waals surface area contributed by atoms with Gasteiger partial charge in [0.2, 0.25) is 5.91 Å². The van der Waals surface area contributed by atoms with Gasteiger partial charge in [0.05, 0.1) is 13.2 Å². The average molecular weight is 396 g/mol. The van der Waals surface area contributed by atoms with Crippen LogP contribution in [0.15, 0.2) is 54.6 Å². The van der Waals surface area contributed by atoms with Crippen LogP contribution in [-0.4, -0.2) is 43.1 Å². The van der Waals surface area contributed by atoms with Gasteiger partial charge in [-0.1, -0.05) is 49.7 Å². The maximum Gasteiger partial charge on any atom is 0.317 e. The lowest BCUT2D eigenvalue weighted by atomic mass is 10.2. The van der Waals surface area contributed by atoms with E-state index in [9.17, 15) is 9.59 Å². The van der Waals surface area contributed by atoms with Crippen LogP contribution in [0.1, 0.15) is 31.7 Å². The first kappa shape index (κ1) is 20.7. The molecule has 0 spiro atoms. The summed E-state index contributed by atoms with van der Waals surface area (Å²) in [6.07, 6.45) is 2.26. The van der Waals surface area contributed by atoms with Crippen LogP contribution in [0.5, 0.6) is 5.75 Å². The van der Waals surface area contributed by atoms with Crippen LogP contribution in [0, 0.1) is 0 Å². The molecule has 1 heterocycles. The summed E-state index contributed by atoms with van der Waals surface area (Å²) >= 11 is 0. The minimum atomic E-state index is -0.207. The molecule has 1 N–H and O–H groups in total. The first-order valence-electron chi connectivity index (χ1n) is 10.1. The molecule has 154 valence electrons. The highest BCUT2D eigenvalue weighted by molar-refractivity contribution is 5.97. The number of anilines is 1. The summed E-state index contributed by atoms with van der Waals surface area (Å²) in [6, 6.07) is 17.1. The van der Waals surface area contributed by atoms with Crippen molar-refractivity contribution < 1.29 is 14.3 Å². The Kier molecular flexibility index (Phi) is 7.11. The number of benzene rings is 2. The Bertz CT molecular complexity index is 825. The molecule has 0 aliphatic carbocycles. The smallest absolute Gasteiger partial charge is 0.317 e. The lowest BCUT2D eigenvalue weighted by molar-refractivity contribution is -0.117. The van der Waals surface area contributed by atoms with E-state index in [0.29, 0.717) is 31.8 Å². The molecule has 2 aromatic carbocycles. The summed E-state index contributed by atoms with van der Waals surface area (Å²) in [5, 5.41) is 3.06. The fraction of sp³-hybridized carbons (Fsp3) is 0.391. The molecule has 0 aromatic heterocycles. The highest BCUT2D eigenvalue weighted by Crippen LogP contribution is 2.25. The number of unbranched alkanes of at least 4 members (excludes halogenated alkanes) is 1. The van der Waals surface area contributed by atoms with Gasteiger partial charge < -0.3 is 19.9 Å². The molecule has 1 saturated heterocycles. The fourth-order valence-corrected chi connectivity index (χ4v) is 3.50. The van der Waals surface area contributed by atoms with Gasteiger partial charge >= 0.3 is 6.03 Å². The highest BCUT2D eigenvalue weighted by Gasteiger charge is 2.32. The zero-order valence-corrected chi connectivity index (χ0v) is 17.1. The Balaban J connectivity index is 1.64. The molecule has 1 atom stereocenters. The van der Waals surface area contributed by atoms with E-state index >= 15 is 0 Å². The van der Waals surface area contributed by atoms with Crippen LogP contribution in [0.4, 0.5) is 10.5 Å². The van der Waals surface area contributed by atoms with Crippen molar-refractivity contribution in [1.82, 2.24) is 10.2 Å². The van der Waals surface area contributed by atoms with Crippen LogP contribution in [-0.2, 0) is 11.3 Å². The maximum atomic E-state index is 12.9. The van der Waals surface area contributed by atoms with E-state index in [0.717, 1.165) is 24.1 Å². The largest absolute Gasteiger partial charge is 0.497 e. The summed E-state index contributed by atoms with van der Waals surface area (Å²) < 4.78 is 5.25. The van der Waals surface area contributed by atoms with E-state index in [1.165, 1.54) is 0 Å². The molecule has 0 saturated carbocycles. The van der Waals surface area contributed by atoms with E-state index in [-0.39, 0.29) is 18.0 Å². The van der Waals surface area contributed by atoms with Crippen molar-refractivity contribution in [2.45, 2.75) is 38.8 Å². The number of ether oxygens (including phenoxy) is 1. The Labute approximate surface area is 172 Å². The molecule has 1 fully saturated rings. The summed E-state index contributed by atoms with van der Waals surface area (Å²) in [6.45, 7) is 3.83. The predicted octanol–water partition coefficient (Wildman–Crippen LogP) is 3.81. The van der Waals surface area contributed by atoms with E-state index in [2.05, 4.69) is 12.2 Å². The Morgan fingerprint density at radius 1 is 1.21 bits per heavy atom. The van der Waals surface area contributed by atoms with Crippen LogP contribution in [0.3, 0.4) is 0 Å². The Hall–Kier alpha value is -3.02. The minimum absolute atomic E-state index is 0.00622. The first-order chi connectivity index (χ1) is 14.1. The van der Waals surface area contributed by atoms with Crippen LogP contribution >= 0.6 is 0 Å². The molecule has 1 aliphatic heterocycles. The number of amides is 3. The molecule has 1 unspecified atom stereocenters. The lowest BCUT2D eigenvalue weighted by Gasteiger charge is -2.25. The van der Waals surface area contributed by atoms with Gasteiger partial charge in [-0.2, -0.15) is 0 Å². The third-order valence-electron chi connectivity index (χ3n) is 5.10. The van der Waals surface area contributed by atoms with Crippen molar-refractivity contribution in [3.05, 3.63) is 60.2 Å². The zero-order valence-electron chi connectivity index (χ0n) is 17.1. The second-order valence-electron chi connectivity index (χ2n) is 7.32. The summed E-state index contributed by atoms with van der Waals surface area (Å²) in [4.78, 5) is 29.0. The normalized spacial score (nSPS) is 16.0. The predicted molar refractivity (Wildman–Crippen MR) is 114 cm³/mol. The molecular weight excluding hydrogens is 366 g/mol. The molecule has 1 aliphatic rings. The van der Waals surface area contributed by atoms with E-state index in [4.69, 9.17) is 4.74 Å². The van der Waals surface area contributed by atoms with Gasteiger partial charge in [0.1, 0.15) is 5.75 Å². The number of urea groups is 1. The van der Waals surface area contributed by atoms with Gasteiger partial charge in [0.25, 0.3) is 0 Å². The monoisotopic (exact) mass is 395 g/mol. The van der Waals surface area contributed by atoms with Crippen LogP contribution in [0.25, 0.3) is 0 Å². The van der Waals surface area contributed by atoms with Crippen molar-refractivity contribution >= 4 is 17.6 Å². The SMILES string of the molecule is CCCCN(Cc1ccccc1)C(=O)NC1CC(=O)N(c2cccc(OC)c2)C1. The van der Waals surface area contributed by atoms with Gasteiger partial charge in [0, 0.05) is 37.8 Å². The maximum absolute atomic E-state index is 12.9. The van der Waals surface area contributed by atoms with Gasteiger partial charge in [-0.05, 0) is 24.1 Å². The zero-order chi connectivity index (χ0) is 20.6. The summed E-state index contributed by atoms with van der Waals surface area (Å²) in [5.41, 5.74) is 1.89. The number of rotatable bonds is 8. The lowest BCUT2D eigenvalue weighted by Crippen LogP contribution is -2.45. The summed E-state index contributed by atoms with van der Waals surface area (Å²) in [5.74, 6) is 0.711. The first-order valence-corrected chi connectivity index (χ1v) is 10.1. The number of nitrogens with one attached hydrogen (secondary N) is 1. The molecule has 0 radical (unpaired) electrons. The Morgan fingerprint density at radius 3 is 2.72 bits per heavy atom. The average Bonchev–Trinajstić information content (AvgIpc) is 3.11. The van der Waals surface area contributed by atoms with Crippen molar-refractivity contribution in [3.63, 3.8) is 0 Å². The molecule has 3 amide bonds. The van der Waals surface area contributed by atoms with Crippen molar-refractivity contribution in [2.24, 2.45) is 0 Å². The molecular formula is C23H29N3O3. The van der Waals surface area contributed by atoms with Gasteiger partial charge in [0.15, 0.2) is 0 Å². The van der Waals surface area contributed by atoms with E-state index in [1.807, 2.05) is 59.5 Å². The van der Waals surface area contributed by atoms with Crippen molar-refractivity contribution in [1.29, 1.82) is 0 Å². The quantitative estimate of drug-likeness (QED) is 0.739. The molecule has 0 bridgehead atoms. The number of carbonyl (C=O) groups excluding carboxylic acids is 2.